The number of benzene rings is 2. The summed E-state index contributed by atoms with van der Waals surface area (Å²) in [5, 5.41) is 19.2. The molecule has 2 aromatic heterocycles. The van der Waals surface area contributed by atoms with Gasteiger partial charge in [-0.3, -0.25) is 0 Å². The first-order chi connectivity index (χ1) is 15.0. The van der Waals surface area contributed by atoms with Crippen LogP contribution >= 0.6 is 22.7 Å². The van der Waals surface area contributed by atoms with E-state index in [4.69, 9.17) is 0 Å². The zero-order chi connectivity index (χ0) is 21.5. The molecule has 1 aliphatic rings. The molecule has 2 N–H and O–H groups in total. The molecule has 0 unspecified atom stereocenters. The van der Waals surface area contributed by atoms with Gasteiger partial charge >= 0.3 is 0 Å². The van der Waals surface area contributed by atoms with E-state index in [-0.39, 0.29) is 0 Å². The molecular weight excluding hydrogens is 420 g/mol. The molecule has 2 nitrogen and oxygen atoms in total. The zero-order valence-corrected chi connectivity index (χ0v) is 19.2. The van der Waals surface area contributed by atoms with Crippen molar-refractivity contribution in [2.45, 2.75) is 33.1 Å². The fourth-order valence-electron chi connectivity index (χ4n) is 4.44. The second kappa shape index (κ2) is 8.03. The van der Waals surface area contributed by atoms with E-state index in [0.717, 1.165) is 24.0 Å². The predicted octanol–water partition coefficient (Wildman–Crippen LogP) is 8.27. The summed E-state index contributed by atoms with van der Waals surface area (Å²) in [5.74, 6) is 0.603. The molecule has 4 heteroatoms. The average Bonchev–Trinajstić information content (AvgIpc) is 3.47. The highest BCUT2D eigenvalue weighted by Gasteiger charge is 2.23. The Bertz CT molecular complexity index is 1170. The number of allylic oxidation sites excluding steroid dienone is 2. The lowest BCUT2D eigenvalue weighted by atomic mass is 9.96. The van der Waals surface area contributed by atoms with Crippen LogP contribution in [0.4, 0.5) is 0 Å². The van der Waals surface area contributed by atoms with Gasteiger partial charge in [-0.15, -0.1) is 22.7 Å². The van der Waals surface area contributed by atoms with Gasteiger partial charge in [0.25, 0.3) is 0 Å². The third-order valence-corrected chi connectivity index (χ3v) is 8.21. The van der Waals surface area contributed by atoms with E-state index in [0.29, 0.717) is 11.5 Å². The second-order valence-corrected chi connectivity index (χ2v) is 10.6. The largest absolute Gasteiger partial charge is 0.508 e. The molecule has 156 valence electrons. The van der Waals surface area contributed by atoms with Crippen LogP contribution in [0, 0.1) is 13.8 Å². The molecule has 0 saturated carbocycles. The molecule has 0 bridgehead atoms. The fraction of sp³-hybridized carbons (Fsp3) is 0.185. The van der Waals surface area contributed by atoms with Crippen LogP contribution in [0.5, 0.6) is 11.5 Å². The molecule has 0 amide bonds. The van der Waals surface area contributed by atoms with Crippen LogP contribution in [0.25, 0.3) is 32.0 Å². The lowest BCUT2D eigenvalue weighted by molar-refractivity contribution is 0.475. The van der Waals surface area contributed by atoms with Gasteiger partial charge in [-0.25, -0.2) is 0 Å². The van der Waals surface area contributed by atoms with E-state index in [1.54, 1.807) is 24.3 Å². The van der Waals surface area contributed by atoms with Crippen molar-refractivity contribution in [2.24, 2.45) is 0 Å². The lowest BCUT2D eigenvalue weighted by Gasteiger charge is -2.07. The predicted molar refractivity (Wildman–Crippen MR) is 133 cm³/mol. The van der Waals surface area contributed by atoms with Crippen LogP contribution in [0.1, 0.15) is 40.1 Å². The lowest BCUT2D eigenvalue weighted by Crippen LogP contribution is -1.86. The van der Waals surface area contributed by atoms with Gasteiger partial charge in [0.15, 0.2) is 0 Å². The second-order valence-electron chi connectivity index (χ2n) is 8.07. The first kappa shape index (κ1) is 20.1. The maximum atomic E-state index is 9.61. The molecule has 0 spiro atoms. The van der Waals surface area contributed by atoms with E-state index >= 15 is 0 Å². The summed E-state index contributed by atoms with van der Waals surface area (Å²) in [6, 6.07) is 19.6. The van der Waals surface area contributed by atoms with Gasteiger partial charge in [0, 0.05) is 19.5 Å². The SMILES string of the molecule is Cc1sc(-c2ccc(O)cc2)cc1C1=C(c2cc(-c3ccc(O)cc3)sc2C)CCC1. The van der Waals surface area contributed by atoms with Crippen molar-refractivity contribution in [1.82, 2.24) is 0 Å². The highest BCUT2D eigenvalue weighted by atomic mass is 32.1. The highest BCUT2D eigenvalue weighted by Crippen LogP contribution is 2.47. The Morgan fingerprint density at radius 2 is 1.00 bits per heavy atom. The van der Waals surface area contributed by atoms with E-state index in [1.165, 1.54) is 48.2 Å². The van der Waals surface area contributed by atoms with E-state index in [9.17, 15) is 10.2 Å². The smallest absolute Gasteiger partial charge is 0.115 e. The van der Waals surface area contributed by atoms with E-state index < -0.39 is 0 Å². The normalized spacial score (nSPS) is 13.9. The Morgan fingerprint density at radius 1 is 0.613 bits per heavy atom. The maximum Gasteiger partial charge on any atom is 0.115 e. The van der Waals surface area contributed by atoms with Gasteiger partial charge < -0.3 is 10.2 Å². The standard InChI is InChI=1S/C27H24O2S2/c1-16-24(14-26(30-16)18-6-10-20(28)11-7-18)22-4-3-5-23(22)25-15-27(31-17(25)2)19-8-12-21(29)13-9-19/h6-15,28-29H,3-5H2,1-2H3. The minimum atomic E-state index is 0.301. The summed E-state index contributed by atoms with van der Waals surface area (Å²) in [6.07, 6.45) is 3.43. The molecule has 0 aliphatic heterocycles. The number of aryl methyl sites for hydroxylation is 2. The molecule has 2 aromatic carbocycles. The summed E-state index contributed by atoms with van der Waals surface area (Å²) in [4.78, 5) is 5.20. The Labute approximate surface area is 190 Å². The Kier molecular flexibility index (Phi) is 5.20. The van der Waals surface area contributed by atoms with Gasteiger partial charge in [-0.05, 0) is 127 Å². The number of rotatable bonds is 4. The molecule has 4 aromatic rings. The minimum Gasteiger partial charge on any atom is -0.508 e. The van der Waals surface area contributed by atoms with Gasteiger partial charge in [-0.1, -0.05) is 0 Å². The summed E-state index contributed by atoms with van der Waals surface area (Å²) in [5.41, 5.74) is 8.01. The van der Waals surface area contributed by atoms with Crippen molar-refractivity contribution < 1.29 is 10.2 Å². The summed E-state index contributed by atoms with van der Waals surface area (Å²) in [6.45, 7) is 4.43. The number of thiophene rings is 2. The van der Waals surface area contributed by atoms with Gasteiger partial charge in [0.2, 0.25) is 0 Å². The van der Waals surface area contributed by atoms with Crippen molar-refractivity contribution in [3.05, 3.63) is 81.5 Å². The molecule has 0 fully saturated rings. The van der Waals surface area contributed by atoms with Crippen molar-refractivity contribution >= 4 is 33.8 Å². The van der Waals surface area contributed by atoms with Crippen LogP contribution in [0.15, 0.2) is 60.7 Å². The van der Waals surface area contributed by atoms with Crippen molar-refractivity contribution in [3.63, 3.8) is 0 Å². The van der Waals surface area contributed by atoms with Gasteiger partial charge in [0.05, 0.1) is 0 Å². The molecule has 0 radical (unpaired) electrons. The number of phenols is 2. The van der Waals surface area contributed by atoms with Crippen molar-refractivity contribution in [1.29, 1.82) is 0 Å². The maximum absolute atomic E-state index is 9.61. The van der Waals surface area contributed by atoms with Gasteiger partial charge in [-0.2, -0.15) is 0 Å². The average molecular weight is 445 g/mol. The van der Waals surface area contributed by atoms with E-state index in [2.05, 4.69) is 26.0 Å². The third kappa shape index (κ3) is 3.82. The van der Waals surface area contributed by atoms with Crippen LogP contribution in [-0.4, -0.2) is 10.2 Å². The molecule has 1 aliphatic carbocycles. The molecule has 2 heterocycles. The quantitative estimate of drug-likeness (QED) is 0.332. The molecule has 0 saturated heterocycles. The Morgan fingerprint density at radius 3 is 1.39 bits per heavy atom. The third-order valence-electron chi connectivity index (χ3n) is 6.01. The molecule has 5 rings (SSSR count). The minimum absolute atomic E-state index is 0.301. The topological polar surface area (TPSA) is 40.5 Å². The Balaban J connectivity index is 1.55. The van der Waals surface area contributed by atoms with Crippen molar-refractivity contribution in [2.75, 3.05) is 0 Å². The zero-order valence-electron chi connectivity index (χ0n) is 17.6. The van der Waals surface area contributed by atoms with Crippen LogP contribution in [0.2, 0.25) is 0 Å². The molecule has 31 heavy (non-hydrogen) atoms. The first-order valence-electron chi connectivity index (χ1n) is 10.5. The van der Waals surface area contributed by atoms with Gasteiger partial charge in [0.1, 0.15) is 11.5 Å². The first-order valence-corrected chi connectivity index (χ1v) is 12.2. The van der Waals surface area contributed by atoms with Crippen molar-refractivity contribution in [3.8, 4) is 32.4 Å². The number of hydrogen-bond donors (Lipinski definition) is 2. The van der Waals surface area contributed by atoms with Crippen LogP contribution < -0.4 is 0 Å². The van der Waals surface area contributed by atoms with Crippen LogP contribution in [0.3, 0.4) is 0 Å². The number of aromatic hydroxyl groups is 2. The van der Waals surface area contributed by atoms with E-state index in [1.807, 2.05) is 46.9 Å². The monoisotopic (exact) mass is 444 g/mol. The highest BCUT2D eigenvalue weighted by molar-refractivity contribution is 7.16. The summed E-state index contributed by atoms with van der Waals surface area (Å²) in [7, 11) is 0. The molecule has 0 atom stereocenters. The Hall–Kier alpha value is -2.82. The number of hydrogen-bond acceptors (Lipinski definition) is 4. The fourth-order valence-corrected chi connectivity index (χ4v) is 6.54. The summed E-state index contributed by atoms with van der Waals surface area (Å²) < 4.78 is 0. The summed E-state index contributed by atoms with van der Waals surface area (Å²) >= 11 is 3.66. The van der Waals surface area contributed by atoms with Crippen LogP contribution in [-0.2, 0) is 0 Å². The molecular formula is C27H24O2S2. The number of phenolic OH excluding ortho intramolecular Hbond substituents is 2.